The minimum atomic E-state index is -3.77. The van der Waals surface area contributed by atoms with Crippen LogP contribution in [0.25, 0.3) is 10.9 Å². The fourth-order valence-electron chi connectivity index (χ4n) is 2.83. The van der Waals surface area contributed by atoms with Crippen LogP contribution in [0.15, 0.2) is 54.7 Å². The number of rotatable bonds is 6. The summed E-state index contributed by atoms with van der Waals surface area (Å²) in [5.41, 5.74) is 2.98. The second-order valence-corrected chi connectivity index (χ2v) is 6.89. The summed E-state index contributed by atoms with van der Waals surface area (Å²) in [5.74, 6) is 0.571. The molecule has 0 radical (unpaired) electrons. The second kappa shape index (κ2) is 6.64. The molecule has 1 heterocycles. The molecule has 126 valence electrons. The maximum absolute atomic E-state index is 11.3. The molecule has 0 aliphatic rings. The molecular formula is C17H19N3O3S. The lowest BCUT2D eigenvalue weighted by Gasteiger charge is -2.18. The molecule has 1 aromatic heterocycles. The molecular weight excluding hydrogens is 326 g/mol. The van der Waals surface area contributed by atoms with Crippen molar-refractivity contribution in [2.45, 2.75) is 5.92 Å². The Hall–Kier alpha value is -2.35. The van der Waals surface area contributed by atoms with E-state index in [0.29, 0.717) is 0 Å². The number of H-pyrrole nitrogens is 1. The average Bonchev–Trinajstić information content (AvgIpc) is 2.99. The lowest BCUT2D eigenvalue weighted by Crippen LogP contribution is -2.34. The molecule has 3 rings (SSSR count). The number of nitrogens with two attached hydrogens (primary N) is 1. The zero-order valence-corrected chi connectivity index (χ0v) is 14.0. The molecule has 3 aromatic rings. The van der Waals surface area contributed by atoms with Crippen LogP contribution >= 0.6 is 0 Å². The highest BCUT2D eigenvalue weighted by atomic mass is 32.2. The van der Waals surface area contributed by atoms with Crippen molar-refractivity contribution in [3.8, 4) is 5.75 Å². The van der Waals surface area contributed by atoms with Gasteiger partial charge in [0.15, 0.2) is 0 Å². The standard InChI is InChI=1S/C17H19N3O3S/c1-23-13-8-6-12(7-9-13)15(11-20-24(18,21)22)16-10-19-17-5-3-2-4-14(16)17/h2-10,15,19-20H,11H2,1H3,(H2,18,21,22)/t15-/m1/s1. The van der Waals surface area contributed by atoms with Gasteiger partial charge in [0.25, 0.3) is 10.2 Å². The van der Waals surface area contributed by atoms with Crippen LogP contribution < -0.4 is 14.6 Å². The first-order valence-corrected chi connectivity index (χ1v) is 9.00. The van der Waals surface area contributed by atoms with Crippen LogP contribution in [0, 0.1) is 0 Å². The highest BCUT2D eigenvalue weighted by Crippen LogP contribution is 2.31. The van der Waals surface area contributed by atoms with E-state index in [2.05, 4.69) is 9.71 Å². The van der Waals surface area contributed by atoms with Crippen LogP contribution in [-0.2, 0) is 10.2 Å². The zero-order chi connectivity index (χ0) is 17.2. The smallest absolute Gasteiger partial charge is 0.274 e. The minimum Gasteiger partial charge on any atom is -0.497 e. The number of benzene rings is 2. The molecule has 0 fully saturated rings. The summed E-state index contributed by atoms with van der Waals surface area (Å²) in [5, 5.41) is 6.16. The average molecular weight is 345 g/mol. The third-order valence-corrected chi connectivity index (χ3v) is 4.57. The Labute approximate surface area is 140 Å². The topological polar surface area (TPSA) is 97.2 Å². The van der Waals surface area contributed by atoms with E-state index in [9.17, 15) is 8.42 Å². The van der Waals surface area contributed by atoms with Gasteiger partial charge in [-0.25, -0.2) is 9.86 Å². The monoisotopic (exact) mass is 345 g/mol. The second-order valence-electron chi connectivity index (χ2n) is 5.51. The van der Waals surface area contributed by atoms with Gasteiger partial charge in [-0.3, -0.25) is 0 Å². The van der Waals surface area contributed by atoms with E-state index in [4.69, 9.17) is 9.88 Å². The molecule has 6 nitrogen and oxygen atoms in total. The van der Waals surface area contributed by atoms with Crippen LogP contribution in [0.4, 0.5) is 0 Å². The largest absolute Gasteiger partial charge is 0.497 e. The quantitative estimate of drug-likeness (QED) is 0.638. The summed E-state index contributed by atoms with van der Waals surface area (Å²) < 4.78 is 30.3. The van der Waals surface area contributed by atoms with Crippen molar-refractivity contribution < 1.29 is 13.2 Å². The molecule has 0 aliphatic carbocycles. The van der Waals surface area contributed by atoms with Gasteiger partial charge in [-0.15, -0.1) is 0 Å². The fraction of sp³-hybridized carbons (Fsp3) is 0.176. The zero-order valence-electron chi connectivity index (χ0n) is 13.2. The number of para-hydroxylation sites is 1. The third kappa shape index (κ3) is 3.59. The molecule has 0 spiro atoms. The molecule has 0 amide bonds. The number of nitrogens with one attached hydrogen (secondary N) is 2. The van der Waals surface area contributed by atoms with Gasteiger partial charge in [-0.05, 0) is 29.3 Å². The Bertz CT molecular complexity index is 933. The van der Waals surface area contributed by atoms with Crippen LogP contribution in [0.1, 0.15) is 17.0 Å². The third-order valence-electron chi connectivity index (χ3n) is 4.00. The van der Waals surface area contributed by atoms with Crippen molar-refractivity contribution in [2.75, 3.05) is 13.7 Å². The maximum Gasteiger partial charge on any atom is 0.274 e. The molecule has 4 N–H and O–H groups in total. The number of aromatic amines is 1. The lowest BCUT2D eigenvalue weighted by molar-refractivity contribution is 0.414. The molecule has 0 saturated heterocycles. The van der Waals surface area contributed by atoms with Gasteiger partial charge < -0.3 is 9.72 Å². The number of hydrogen-bond acceptors (Lipinski definition) is 3. The van der Waals surface area contributed by atoms with Crippen LogP contribution in [0.5, 0.6) is 5.75 Å². The van der Waals surface area contributed by atoms with Crippen molar-refractivity contribution >= 4 is 21.1 Å². The molecule has 0 saturated carbocycles. The predicted octanol–water partition coefficient (Wildman–Crippen LogP) is 2.10. The van der Waals surface area contributed by atoms with Gasteiger partial charge in [0, 0.05) is 29.6 Å². The molecule has 1 atom stereocenters. The molecule has 0 aliphatic heterocycles. The van der Waals surface area contributed by atoms with E-state index in [1.54, 1.807) is 7.11 Å². The van der Waals surface area contributed by atoms with Crippen LogP contribution in [0.3, 0.4) is 0 Å². The molecule has 0 unspecified atom stereocenters. The number of fused-ring (bicyclic) bond motifs is 1. The number of ether oxygens (including phenoxy) is 1. The summed E-state index contributed by atoms with van der Waals surface area (Å²) >= 11 is 0. The first-order chi connectivity index (χ1) is 11.5. The Morgan fingerprint density at radius 3 is 2.54 bits per heavy atom. The van der Waals surface area contributed by atoms with E-state index in [-0.39, 0.29) is 12.5 Å². The van der Waals surface area contributed by atoms with Gasteiger partial charge in [-0.1, -0.05) is 30.3 Å². The van der Waals surface area contributed by atoms with E-state index in [1.807, 2.05) is 54.7 Å². The minimum absolute atomic E-state index is 0.174. The van der Waals surface area contributed by atoms with Crippen molar-refractivity contribution in [2.24, 2.45) is 5.14 Å². The predicted molar refractivity (Wildman–Crippen MR) is 94.2 cm³/mol. The normalized spacial score (nSPS) is 13.1. The Kier molecular flexibility index (Phi) is 4.57. The van der Waals surface area contributed by atoms with Crippen LogP contribution in [0.2, 0.25) is 0 Å². The molecule has 7 heteroatoms. The summed E-state index contributed by atoms with van der Waals surface area (Å²) in [6.45, 7) is 0.174. The highest BCUT2D eigenvalue weighted by molar-refractivity contribution is 7.87. The summed E-state index contributed by atoms with van der Waals surface area (Å²) in [6, 6.07) is 15.5. The number of aromatic nitrogens is 1. The summed E-state index contributed by atoms with van der Waals surface area (Å²) in [7, 11) is -2.16. The van der Waals surface area contributed by atoms with Crippen molar-refractivity contribution in [3.05, 3.63) is 65.9 Å². The fourth-order valence-corrected chi connectivity index (χ4v) is 3.22. The van der Waals surface area contributed by atoms with Crippen molar-refractivity contribution in [3.63, 3.8) is 0 Å². The lowest BCUT2D eigenvalue weighted by atomic mass is 9.91. The van der Waals surface area contributed by atoms with Gasteiger partial charge in [0.1, 0.15) is 5.75 Å². The Morgan fingerprint density at radius 2 is 1.88 bits per heavy atom. The van der Waals surface area contributed by atoms with Crippen molar-refractivity contribution in [1.82, 2.24) is 9.71 Å². The summed E-state index contributed by atoms with van der Waals surface area (Å²) in [4.78, 5) is 3.22. The maximum atomic E-state index is 11.3. The van der Waals surface area contributed by atoms with Gasteiger partial charge >= 0.3 is 0 Å². The Morgan fingerprint density at radius 1 is 1.17 bits per heavy atom. The first kappa shape index (κ1) is 16.5. The van der Waals surface area contributed by atoms with Crippen molar-refractivity contribution in [1.29, 1.82) is 0 Å². The SMILES string of the molecule is COc1ccc([C@@H](CNS(N)(=O)=O)c2c[nH]c3ccccc23)cc1. The van der Waals surface area contributed by atoms with Gasteiger partial charge in [0.2, 0.25) is 0 Å². The van der Waals surface area contributed by atoms with E-state index < -0.39 is 10.2 Å². The number of methoxy groups -OCH3 is 1. The van der Waals surface area contributed by atoms with Gasteiger partial charge in [0.05, 0.1) is 7.11 Å². The molecule has 0 bridgehead atoms. The summed E-state index contributed by atoms with van der Waals surface area (Å²) in [6.07, 6.45) is 1.91. The highest BCUT2D eigenvalue weighted by Gasteiger charge is 2.19. The number of hydrogen-bond donors (Lipinski definition) is 3. The Balaban J connectivity index is 2.03. The van der Waals surface area contributed by atoms with E-state index in [0.717, 1.165) is 27.8 Å². The molecule has 24 heavy (non-hydrogen) atoms. The first-order valence-electron chi connectivity index (χ1n) is 7.45. The molecule has 2 aromatic carbocycles. The van der Waals surface area contributed by atoms with Gasteiger partial charge in [-0.2, -0.15) is 8.42 Å². The van der Waals surface area contributed by atoms with E-state index >= 15 is 0 Å². The van der Waals surface area contributed by atoms with Crippen LogP contribution in [-0.4, -0.2) is 27.1 Å². The van der Waals surface area contributed by atoms with E-state index in [1.165, 1.54) is 0 Å².